The third kappa shape index (κ3) is 4.01. The lowest BCUT2D eigenvalue weighted by molar-refractivity contribution is -0.125. The number of nitrogens with zero attached hydrogens (tertiary/aromatic N) is 2. The number of urea groups is 1. The van der Waals surface area contributed by atoms with Crippen molar-refractivity contribution in [3.05, 3.63) is 65.2 Å². The summed E-state index contributed by atoms with van der Waals surface area (Å²) in [6.45, 7) is 3.55. The molecule has 2 aromatic rings. The highest BCUT2D eigenvalue weighted by Gasteiger charge is 2.31. The molecule has 4 amide bonds. The number of hydrogen-bond acceptors (Lipinski definition) is 4. The number of ether oxygens (including phenoxy) is 1. The Morgan fingerprint density at radius 1 is 1.10 bits per heavy atom. The van der Waals surface area contributed by atoms with Crippen LogP contribution in [0.25, 0.3) is 0 Å². The van der Waals surface area contributed by atoms with Crippen molar-refractivity contribution in [2.75, 3.05) is 19.7 Å². The van der Waals surface area contributed by atoms with E-state index in [1.807, 2.05) is 36.1 Å². The van der Waals surface area contributed by atoms with Crippen LogP contribution in [0.5, 0.6) is 5.75 Å². The van der Waals surface area contributed by atoms with Crippen molar-refractivity contribution in [3.8, 4) is 5.75 Å². The fraction of sp³-hybridized carbons (Fsp3) is 0.348. The topological polar surface area (TPSA) is 79.0 Å². The number of carbonyl (C=O) groups is 3. The van der Waals surface area contributed by atoms with Crippen LogP contribution in [-0.4, -0.2) is 47.3 Å². The molecule has 0 saturated carbocycles. The highest BCUT2D eigenvalue weighted by Crippen LogP contribution is 2.34. The number of likely N-dealkylation sites (tertiary alicyclic amines) is 1. The average molecular weight is 407 g/mol. The Morgan fingerprint density at radius 3 is 2.47 bits per heavy atom. The molecule has 0 aromatic heterocycles. The largest absolute Gasteiger partial charge is 0.494 e. The Bertz CT molecular complexity index is 924. The van der Waals surface area contributed by atoms with Gasteiger partial charge in [0.05, 0.1) is 25.7 Å². The summed E-state index contributed by atoms with van der Waals surface area (Å²) in [5.74, 6) is 0.584. The third-order valence-electron chi connectivity index (χ3n) is 5.57. The number of hydrogen-bond donors (Lipinski definition) is 1. The third-order valence-corrected chi connectivity index (χ3v) is 5.57. The summed E-state index contributed by atoms with van der Waals surface area (Å²) in [5.41, 5.74) is 2.52. The molecule has 7 nitrogen and oxygen atoms in total. The molecule has 1 unspecified atom stereocenters. The highest BCUT2D eigenvalue weighted by atomic mass is 16.5. The van der Waals surface area contributed by atoms with Crippen molar-refractivity contribution in [3.63, 3.8) is 0 Å². The predicted octanol–water partition coefficient (Wildman–Crippen LogP) is 3.11. The van der Waals surface area contributed by atoms with Crippen LogP contribution in [0.15, 0.2) is 48.5 Å². The Morgan fingerprint density at radius 2 is 1.83 bits per heavy atom. The molecule has 1 N–H and O–H groups in total. The average Bonchev–Trinajstić information content (AvgIpc) is 3.37. The molecule has 2 aliphatic heterocycles. The standard InChI is InChI=1S/C23H25N3O4/c1-2-30-19-11-9-17(10-12-19)20-4-3-13-25(20)22(28)18-7-5-16(6-8-18)15-26-21(27)14-24-23(26)29/h5-12,20H,2-4,13-15H2,1H3,(H,24,29). The summed E-state index contributed by atoms with van der Waals surface area (Å²) >= 11 is 0. The first kappa shape index (κ1) is 19.9. The van der Waals surface area contributed by atoms with E-state index >= 15 is 0 Å². The summed E-state index contributed by atoms with van der Waals surface area (Å²) in [5, 5.41) is 2.51. The Balaban J connectivity index is 1.45. The van der Waals surface area contributed by atoms with Crippen LogP contribution in [0.3, 0.4) is 0 Å². The SMILES string of the molecule is CCOc1ccc(C2CCCN2C(=O)c2ccc(CN3C(=O)CNC3=O)cc2)cc1. The quantitative estimate of drug-likeness (QED) is 0.747. The molecule has 2 aromatic carbocycles. The van der Waals surface area contributed by atoms with Gasteiger partial charge in [-0.3, -0.25) is 14.5 Å². The summed E-state index contributed by atoms with van der Waals surface area (Å²) in [7, 11) is 0. The molecule has 2 saturated heterocycles. The Kier molecular flexibility index (Phi) is 5.70. The molecule has 4 rings (SSSR count). The van der Waals surface area contributed by atoms with Gasteiger partial charge in [0.2, 0.25) is 5.91 Å². The van der Waals surface area contributed by atoms with Crippen molar-refractivity contribution in [1.82, 2.24) is 15.1 Å². The summed E-state index contributed by atoms with van der Waals surface area (Å²) < 4.78 is 5.51. The van der Waals surface area contributed by atoms with Crippen LogP contribution >= 0.6 is 0 Å². The number of amides is 4. The van der Waals surface area contributed by atoms with E-state index in [2.05, 4.69) is 5.32 Å². The lowest BCUT2D eigenvalue weighted by Crippen LogP contribution is -2.31. The maximum Gasteiger partial charge on any atom is 0.324 e. The van der Waals surface area contributed by atoms with Crippen LogP contribution < -0.4 is 10.1 Å². The molecule has 1 atom stereocenters. The molecule has 2 aliphatic rings. The van der Waals surface area contributed by atoms with E-state index in [1.165, 1.54) is 4.90 Å². The van der Waals surface area contributed by atoms with E-state index in [-0.39, 0.29) is 37.0 Å². The van der Waals surface area contributed by atoms with E-state index in [4.69, 9.17) is 4.74 Å². The number of carbonyl (C=O) groups excluding carboxylic acids is 3. The van der Waals surface area contributed by atoms with Gasteiger partial charge in [-0.15, -0.1) is 0 Å². The zero-order valence-electron chi connectivity index (χ0n) is 17.0. The predicted molar refractivity (Wildman–Crippen MR) is 111 cm³/mol. The molecule has 2 fully saturated rings. The van der Waals surface area contributed by atoms with Crippen molar-refractivity contribution < 1.29 is 19.1 Å². The fourth-order valence-electron chi connectivity index (χ4n) is 4.03. The van der Waals surface area contributed by atoms with Crippen LogP contribution in [0.4, 0.5) is 4.79 Å². The van der Waals surface area contributed by atoms with Crippen LogP contribution in [0, 0.1) is 0 Å². The molecular weight excluding hydrogens is 382 g/mol. The molecule has 156 valence electrons. The molecule has 0 radical (unpaired) electrons. The second-order valence-corrected chi connectivity index (χ2v) is 7.49. The van der Waals surface area contributed by atoms with Gasteiger partial charge in [-0.25, -0.2) is 4.79 Å². The van der Waals surface area contributed by atoms with E-state index in [9.17, 15) is 14.4 Å². The van der Waals surface area contributed by atoms with E-state index in [0.29, 0.717) is 12.2 Å². The molecular formula is C23H25N3O4. The minimum absolute atomic E-state index is 0.00655. The van der Waals surface area contributed by atoms with Crippen LogP contribution in [-0.2, 0) is 11.3 Å². The first-order valence-electron chi connectivity index (χ1n) is 10.3. The van der Waals surface area contributed by atoms with Crippen LogP contribution in [0.1, 0.15) is 47.3 Å². The summed E-state index contributed by atoms with van der Waals surface area (Å²) in [4.78, 5) is 39.7. The van der Waals surface area contributed by atoms with Crippen molar-refractivity contribution in [1.29, 1.82) is 0 Å². The van der Waals surface area contributed by atoms with E-state index in [1.54, 1.807) is 24.3 Å². The second-order valence-electron chi connectivity index (χ2n) is 7.49. The minimum Gasteiger partial charge on any atom is -0.494 e. The summed E-state index contributed by atoms with van der Waals surface area (Å²) in [6, 6.07) is 14.8. The van der Waals surface area contributed by atoms with Crippen molar-refractivity contribution >= 4 is 17.8 Å². The van der Waals surface area contributed by atoms with Crippen molar-refractivity contribution in [2.45, 2.75) is 32.4 Å². The number of rotatable bonds is 6. The minimum atomic E-state index is -0.379. The van der Waals surface area contributed by atoms with Gasteiger partial charge < -0.3 is 15.0 Å². The Labute approximate surface area is 175 Å². The normalized spacial score (nSPS) is 18.6. The van der Waals surface area contributed by atoms with Gasteiger partial charge in [0.15, 0.2) is 0 Å². The Hall–Kier alpha value is -3.35. The monoisotopic (exact) mass is 407 g/mol. The molecule has 0 spiro atoms. The lowest BCUT2D eigenvalue weighted by atomic mass is 10.0. The first-order valence-corrected chi connectivity index (χ1v) is 10.3. The zero-order chi connectivity index (χ0) is 21.1. The first-order chi connectivity index (χ1) is 14.6. The van der Waals surface area contributed by atoms with Crippen LogP contribution in [0.2, 0.25) is 0 Å². The molecule has 30 heavy (non-hydrogen) atoms. The van der Waals surface area contributed by atoms with Gasteiger partial charge >= 0.3 is 6.03 Å². The maximum absolute atomic E-state index is 13.1. The molecule has 0 bridgehead atoms. The summed E-state index contributed by atoms with van der Waals surface area (Å²) in [6.07, 6.45) is 1.90. The highest BCUT2D eigenvalue weighted by molar-refractivity contribution is 6.01. The number of nitrogens with one attached hydrogen (secondary N) is 1. The van der Waals surface area contributed by atoms with Gasteiger partial charge in [0.1, 0.15) is 5.75 Å². The molecule has 2 heterocycles. The maximum atomic E-state index is 13.1. The fourth-order valence-corrected chi connectivity index (χ4v) is 4.03. The number of imide groups is 1. The van der Waals surface area contributed by atoms with Gasteiger partial charge in [0.25, 0.3) is 5.91 Å². The van der Waals surface area contributed by atoms with Crippen molar-refractivity contribution in [2.24, 2.45) is 0 Å². The van der Waals surface area contributed by atoms with E-state index in [0.717, 1.165) is 36.3 Å². The van der Waals surface area contributed by atoms with Gasteiger partial charge in [-0.05, 0) is 55.2 Å². The zero-order valence-corrected chi connectivity index (χ0v) is 17.0. The second kappa shape index (κ2) is 8.57. The lowest BCUT2D eigenvalue weighted by Gasteiger charge is -2.25. The smallest absolute Gasteiger partial charge is 0.324 e. The van der Waals surface area contributed by atoms with Gasteiger partial charge in [0, 0.05) is 12.1 Å². The number of benzene rings is 2. The molecule has 7 heteroatoms. The van der Waals surface area contributed by atoms with E-state index < -0.39 is 0 Å². The molecule has 0 aliphatic carbocycles. The van der Waals surface area contributed by atoms with Gasteiger partial charge in [-0.2, -0.15) is 0 Å². The van der Waals surface area contributed by atoms with Gasteiger partial charge in [-0.1, -0.05) is 24.3 Å².